The van der Waals surface area contributed by atoms with E-state index in [9.17, 15) is 9.59 Å². The number of rotatable bonds is 8. The van der Waals surface area contributed by atoms with Gasteiger partial charge in [-0.15, -0.1) is 5.10 Å². The highest BCUT2D eigenvalue weighted by Gasteiger charge is 2.26. The molecule has 0 spiro atoms. The molecule has 0 atom stereocenters. The van der Waals surface area contributed by atoms with Crippen LogP contribution >= 0.6 is 11.8 Å². The van der Waals surface area contributed by atoms with Crippen LogP contribution in [0, 0.1) is 6.92 Å². The van der Waals surface area contributed by atoms with Gasteiger partial charge in [0.15, 0.2) is 0 Å². The van der Waals surface area contributed by atoms with Gasteiger partial charge in [0.1, 0.15) is 5.75 Å². The summed E-state index contributed by atoms with van der Waals surface area (Å²) in [5, 5.41) is 21.9. The Bertz CT molecular complexity index is 1420. The normalized spacial score (nSPS) is 13.8. The lowest BCUT2D eigenvalue weighted by Crippen LogP contribution is -2.41. The molecule has 1 fully saturated rings. The molecule has 10 nitrogen and oxygen atoms in total. The summed E-state index contributed by atoms with van der Waals surface area (Å²) < 4.78 is 7.21. The first kappa shape index (κ1) is 26.4. The van der Waals surface area contributed by atoms with Gasteiger partial charge in [-0.05, 0) is 96.6 Å². The maximum Gasteiger partial charge on any atom is 0.415 e. The third kappa shape index (κ3) is 6.80. The van der Waals surface area contributed by atoms with Crippen molar-refractivity contribution in [1.29, 1.82) is 0 Å². The average molecular weight is 545 g/mol. The van der Waals surface area contributed by atoms with Crippen molar-refractivity contribution in [3.63, 3.8) is 0 Å². The van der Waals surface area contributed by atoms with Gasteiger partial charge in [0.25, 0.3) is 0 Å². The van der Waals surface area contributed by atoms with Crippen LogP contribution in [0.4, 0.5) is 4.79 Å². The van der Waals surface area contributed by atoms with E-state index in [1.165, 1.54) is 12.1 Å². The zero-order chi connectivity index (χ0) is 27.2. The highest BCUT2D eigenvalue weighted by Crippen LogP contribution is 2.30. The van der Waals surface area contributed by atoms with Crippen molar-refractivity contribution in [2.75, 3.05) is 13.1 Å². The first-order valence-corrected chi connectivity index (χ1v) is 13.6. The number of pyridine rings is 1. The molecule has 1 aliphatic heterocycles. The summed E-state index contributed by atoms with van der Waals surface area (Å²) in [6.07, 6.45) is 4.81. The third-order valence-electron chi connectivity index (χ3n) is 6.54. The lowest BCUT2D eigenvalue weighted by Gasteiger charge is -2.30. The number of amides is 1. The number of aromatic carboxylic acids is 1. The van der Waals surface area contributed by atoms with Crippen LogP contribution in [0.3, 0.4) is 0 Å². The first-order valence-electron chi connectivity index (χ1n) is 12.7. The van der Waals surface area contributed by atoms with E-state index in [0.717, 1.165) is 42.5 Å². The van der Waals surface area contributed by atoms with Crippen molar-refractivity contribution >= 4 is 23.8 Å². The fourth-order valence-corrected chi connectivity index (χ4v) is 5.34. The lowest BCUT2D eigenvalue weighted by atomic mass is 10.1. The molecule has 4 aromatic rings. The number of ether oxygens (including phenoxy) is 1. The van der Waals surface area contributed by atoms with Crippen LogP contribution in [0.5, 0.6) is 5.75 Å². The van der Waals surface area contributed by atoms with E-state index in [2.05, 4.69) is 32.6 Å². The Hall–Kier alpha value is -4.25. The van der Waals surface area contributed by atoms with Crippen molar-refractivity contribution in [1.82, 2.24) is 30.1 Å². The molecule has 1 aliphatic rings. The second-order valence-corrected chi connectivity index (χ2v) is 10.6. The number of nitrogens with zero attached hydrogens (tertiary/aromatic N) is 6. The first-order chi connectivity index (χ1) is 18.9. The van der Waals surface area contributed by atoms with Gasteiger partial charge in [0.05, 0.1) is 11.3 Å². The van der Waals surface area contributed by atoms with Gasteiger partial charge in [0.2, 0.25) is 5.16 Å². The number of likely N-dealkylation sites (tertiary alicyclic amines) is 1. The minimum atomic E-state index is -0.984. The third-order valence-corrected chi connectivity index (χ3v) is 7.81. The van der Waals surface area contributed by atoms with Crippen LogP contribution in [-0.2, 0) is 12.8 Å². The van der Waals surface area contributed by atoms with E-state index in [4.69, 9.17) is 9.84 Å². The molecule has 0 unspecified atom stereocenters. The van der Waals surface area contributed by atoms with E-state index in [-0.39, 0.29) is 16.9 Å². The maximum atomic E-state index is 12.7. The van der Waals surface area contributed by atoms with Gasteiger partial charge in [-0.2, -0.15) is 4.68 Å². The molecule has 1 N–H and O–H groups in total. The Kier molecular flexibility index (Phi) is 8.16. The number of aryl methyl sites for hydroxylation is 3. The molecule has 2 aromatic heterocycles. The predicted molar refractivity (Wildman–Crippen MR) is 145 cm³/mol. The van der Waals surface area contributed by atoms with Gasteiger partial charge in [0, 0.05) is 30.2 Å². The molecule has 0 radical (unpaired) electrons. The number of hydrogen-bond donors (Lipinski definition) is 1. The van der Waals surface area contributed by atoms with E-state index in [1.54, 1.807) is 33.5 Å². The highest BCUT2D eigenvalue weighted by atomic mass is 32.2. The molecule has 39 heavy (non-hydrogen) atoms. The Balaban J connectivity index is 1.09. The van der Waals surface area contributed by atoms with E-state index < -0.39 is 5.97 Å². The molecule has 0 aliphatic carbocycles. The summed E-state index contributed by atoms with van der Waals surface area (Å²) >= 11 is 1.55. The highest BCUT2D eigenvalue weighted by molar-refractivity contribution is 7.99. The standard InChI is InChI=1S/C28H28N6O4S/c1-19-2-8-22(29-18-19)9-3-20-4-12-24(13-5-20)38-28(37)33-16-14-25(15-17-33)39-27-30-31-32-34(27)23-10-6-21(7-11-23)26(35)36/h2,4-8,10-13,18,25H,3,9,14-17H2,1H3,(H,35,36). The quantitative estimate of drug-likeness (QED) is 0.339. The topological polar surface area (TPSA) is 123 Å². The minimum absolute atomic E-state index is 0.201. The summed E-state index contributed by atoms with van der Waals surface area (Å²) in [6, 6.07) is 18.2. The van der Waals surface area contributed by atoms with E-state index in [1.807, 2.05) is 37.4 Å². The number of thioether (sulfide) groups is 1. The SMILES string of the molecule is Cc1ccc(CCc2ccc(OC(=O)N3CCC(Sc4nnnn4-c4ccc(C(=O)O)cc4)CC3)cc2)nc1. The molecule has 200 valence electrons. The van der Waals surface area contributed by atoms with Crippen molar-refractivity contribution in [2.45, 2.75) is 43.0 Å². The number of carbonyl (C=O) groups is 2. The van der Waals surface area contributed by atoms with Gasteiger partial charge in [-0.1, -0.05) is 30.0 Å². The number of aromatic nitrogens is 5. The van der Waals surface area contributed by atoms with E-state index >= 15 is 0 Å². The van der Waals surface area contributed by atoms with Crippen LogP contribution in [0.1, 0.15) is 40.0 Å². The molecule has 3 heterocycles. The number of benzene rings is 2. The monoisotopic (exact) mass is 544 g/mol. The van der Waals surface area contributed by atoms with Gasteiger partial charge in [-0.3, -0.25) is 4.98 Å². The number of piperidine rings is 1. The van der Waals surface area contributed by atoms with E-state index in [0.29, 0.717) is 29.7 Å². The summed E-state index contributed by atoms with van der Waals surface area (Å²) in [4.78, 5) is 30.0. The Morgan fingerprint density at radius 2 is 1.74 bits per heavy atom. The summed E-state index contributed by atoms with van der Waals surface area (Å²) in [6.45, 7) is 3.18. The summed E-state index contributed by atoms with van der Waals surface area (Å²) in [5.74, 6) is -0.455. The largest absolute Gasteiger partial charge is 0.478 e. The Labute approximate surface area is 230 Å². The zero-order valence-electron chi connectivity index (χ0n) is 21.4. The molecular formula is C28H28N6O4S. The minimum Gasteiger partial charge on any atom is -0.478 e. The number of carboxylic acids is 1. The summed E-state index contributed by atoms with van der Waals surface area (Å²) in [7, 11) is 0. The fraction of sp³-hybridized carbons (Fsp3) is 0.286. The van der Waals surface area contributed by atoms with Crippen molar-refractivity contribution < 1.29 is 19.4 Å². The number of carbonyl (C=O) groups excluding carboxylic acids is 1. The lowest BCUT2D eigenvalue weighted by molar-refractivity contribution is 0.0696. The van der Waals surface area contributed by atoms with Crippen molar-refractivity contribution in [2.24, 2.45) is 0 Å². The van der Waals surface area contributed by atoms with Gasteiger partial charge >= 0.3 is 12.1 Å². The number of tetrazole rings is 1. The maximum absolute atomic E-state index is 12.7. The second kappa shape index (κ2) is 12.1. The number of carboxylic acid groups (broad SMARTS) is 1. The molecule has 0 saturated carbocycles. The smallest absolute Gasteiger partial charge is 0.415 e. The molecule has 2 aromatic carbocycles. The Morgan fingerprint density at radius 1 is 1.00 bits per heavy atom. The van der Waals surface area contributed by atoms with Crippen molar-refractivity contribution in [3.05, 3.63) is 89.2 Å². The fourth-order valence-electron chi connectivity index (χ4n) is 4.27. The predicted octanol–water partition coefficient (Wildman–Crippen LogP) is 4.60. The number of hydrogen-bond acceptors (Lipinski definition) is 8. The zero-order valence-corrected chi connectivity index (χ0v) is 22.3. The molecule has 0 bridgehead atoms. The van der Waals surface area contributed by atoms with Crippen LogP contribution < -0.4 is 4.74 Å². The van der Waals surface area contributed by atoms with Gasteiger partial charge < -0.3 is 14.7 Å². The molecule has 5 rings (SSSR count). The van der Waals surface area contributed by atoms with Crippen LogP contribution in [0.25, 0.3) is 5.69 Å². The van der Waals surface area contributed by atoms with Crippen LogP contribution in [0.2, 0.25) is 0 Å². The Morgan fingerprint density at radius 3 is 2.41 bits per heavy atom. The molecule has 1 saturated heterocycles. The molecule has 1 amide bonds. The summed E-state index contributed by atoms with van der Waals surface area (Å²) in [5.41, 5.74) is 4.26. The van der Waals surface area contributed by atoms with Gasteiger partial charge in [-0.25, -0.2) is 9.59 Å². The molecule has 11 heteroatoms. The van der Waals surface area contributed by atoms with Crippen LogP contribution in [0.15, 0.2) is 72.0 Å². The second-order valence-electron chi connectivity index (χ2n) is 9.37. The molecular weight excluding hydrogens is 516 g/mol. The van der Waals surface area contributed by atoms with Crippen molar-refractivity contribution in [3.8, 4) is 11.4 Å². The average Bonchev–Trinajstić information content (AvgIpc) is 3.42. The van der Waals surface area contributed by atoms with Crippen LogP contribution in [-0.4, -0.2) is 65.6 Å².